The molecular weight excluding hydrogens is 528 g/mol. The summed E-state index contributed by atoms with van der Waals surface area (Å²) in [4.78, 5) is 27.2. The summed E-state index contributed by atoms with van der Waals surface area (Å²) >= 11 is 0. The Kier molecular flexibility index (Phi) is 8.51. The lowest BCUT2D eigenvalue weighted by molar-refractivity contribution is -0.164. The van der Waals surface area contributed by atoms with Crippen LogP contribution in [0.15, 0.2) is 30.6 Å². The van der Waals surface area contributed by atoms with Crippen molar-refractivity contribution >= 4 is 11.9 Å². The van der Waals surface area contributed by atoms with Crippen LogP contribution in [0.3, 0.4) is 0 Å². The number of rotatable bonds is 7. The number of amides is 1. The lowest BCUT2D eigenvalue weighted by Gasteiger charge is -2.63. The summed E-state index contributed by atoms with van der Waals surface area (Å²) < 4.78 is 6.42. The second-order valence-electron chi connectivity index (χ2n) is 13.9. The summed E-state index contributed by atoms with van der Waals surface area (Å²) in [5.41, 5.74) is 1.36. The third kappa shape index (κ3) is 5.97. The summed E-state index contributed by atoms with van der Waals surface area (Å²) in [6, 6.07) is 7.62. The van der Waals surface area contributed by atoms with Crippen molar-refractivity contribution in [2.75, 3.05) is 37.6 Å². The number of aliphatic hydroxyl groups is 1. The number of nitrogens with one attached hydrogen (secondary N) is 1. The molecule has 2 aromatic rings. The van der Waals surface area contributed by atoms with Crippen molar-refractivity contribution in [1.82, 2.24) is 20.2 Å². The molecule has 3 aliphatic rings. The molecule has 2 aliphatic heterocycles. The minimum absolute atomic E-state index is 0.107. The third-order valence-electron chi connectivity index (χ3n) is 10.0. The van der Waals surface area contributed by atoms with E-state index in [-0.39, 0.29) is 35.0 Å². The first-order chi connectivity index (χ1) is 19.9. The third-order valence-corrected chi connectivity index (χ3v) is 10.0. The number of carbonyl (C=O) groups is 1. The maximum Gasteiger partial charge on any atom is 0.254 e. The van der Waals surface area contributed by atoms with Crippen molar-refractivity contribution in [3.05, 3.63) is 47.3 Å². The molecule has 1 aromatic heterocycles. The Morgan fingerprint density at radius 3 is 2.38 bits per heavy atom. The van der Waals surface area contributed by atoms with E-state index in [9.17, 15) is 15.2 Å². The zero-order chi connectivity index (χ0) is 30.2. The minimum atomic E-state index is -0.309. The van der Waals surface area contributed by atoms with E-state index in [0.29, 0.717) is 28.9 Å². The molecule has 0 unspecified atom stereocenters. The molecule has 1 aromatic carbocycles. The number of aliphatic hydroxyl groups excluding tert-OH is 1. The maximum atomic E-state index is 13.3. The van der Waals surface area contributed by atoms with Gasteiger partial charge in [0.15, 0.2) is 0 Å². The Hall–Kier alpha value is -3.22. The molecule has 3 fully saturated rings. The van der Waals surface area contributed by atoms with Crippen LogP contribution >= 0.6 is 0 Å². The zero-order valence-corrected chi connectivity index (χ0v) is 25.9. The van der Waals surface area contributed by atoms with Gasteiger partial charge in [-0.25, -0.2) is 9.97 Å². The number of hydrogen-bond acceptors (Lipinski definition) is 8. The van der Waals surface area contributed by atoms with Crippen LogP contribution in [0.25, 0.3) is 0 Å². The number of benzene rings is 1. The van der Waals surface area contributed by atoms with Crippen molar-refractivity contribution in [2.24, 2.45) is 22.7 Å². The van der Waals surface area contributed by atoms with Gasteiger partial charge in [-0.2, -0.15) is 5.26 Å². The van der Waals surface area contributed by atoms with E-state index in [1.165, 1.54) is 0 Å². The van der Waals surface area contributed by atoms with E-state index < -0.39 is 0 Å². The standard InChI is InChI=1S/C33H46N6O3/c1-21-15-27(8-7-23(21)16-34)42-30-32(3,4)29(33(30,5)6)37-28(41)25-17-35-31(36-18-25)39-14-9-24(22(2)19-39)20-38-12-10-26(40)11-13-38/h7-8,15,17-18,22,24,26,29-30,40H,9-14,19-20H2,1-6H3,(H,37,41)/t22-,24+,29?,30?/m0/s1. The molecular formula is C33H46N6O3. The van der Waals surface area contributed by atoms with Crippen molar-refractivity contribution in [3.63, 3.8) is 0 Å². The van der Waals surface area contributed by atoms with Crippen molar-refractivity contribution in [2.45, 2.75) is 79.1 Å². The summed E-state index contributed by atoms with van der Waals surface area (Å²) in [5, 5.41) is 22.3. The Balaban J connectivity index is 1.16. The van der Waals surface area contributed by atoms with Gasteiger partial charge in [0, 0.05) is 62.0 Å². The van der Waals surface area contributed by atoms with Gasteiger partial charge < -0.3 is 25.0 Å². The molecule has 226 valence electrons. The first kappa shape index (κ1) is 30.2. The maximum absolute atomic E-state index is 13.3. The van der Waals surface area contributed by atoms with E-state index in [1.54, 1.807) is 18.5 Å². The van der Waals surface area contributed by atoms with Gasteiger partial charge in [0.1, 0.15) is 11.9 Å². The SMILES string of the molecule is Cc1cc(OC2C(C)(C)C(NC(=O)c3cnc(N4CC[C@H](CN5CCC(O)CC5)[C@@H](C)C4)nc3)C2(C)C)ccc1C#N. The molecule has 0 radical (unpaired) electrons. The highest BCUT2D eigenvalue weighted by Gasteiger charge is 2.64. The molecule has 2 N–H and O–H groups in total. The number of hydrogen-bond donors (Lipinski definition) is 2. The normalized spacial score (nSPS) is 27.5. The van der Waals surface area contributed by atoms with Gasteiger partial charge in [0.05, 0.1) is 23.3 Å². The quantitative estimate of drug-likeness (QED) is 0.506. The van der Waals surface area contributed by atoms with Gasteiger partial charge in [-0.1, -0.05) is 34.6 Å². The van der Waals surface area contributed by atoms with Crippen LogP contribution in [-0.2, 0) is 0 Å². The van der Waals surface area contributed by atoms with Crippen LogP contribution in [0, 0.1) is 40.9 Å². The summed E-state index contributed by atoms with van der Waals surface area (Å²) in [6.45, 7) is 17.5. The number of nitrogens with zero attached hydrogens (tertiary/aromatic N) is 5. The summed E-state index contributed by atoms with van der Waals surface area (Å²) in [7, 11) is 0. The Morgan fingerprint density at radius 1 is 1.12 bits per heavy atom. The number of ether oxygens (including phenoxy) is 1. The average Bonchev–Trinajstić information content (AvgIpc) is 2.96. The molecule has 1 amide bonds. The van der Waals surface area contributed by atoms with E-state index >= 15 is 0 Å². The predicted molar refractivity (Wildman–Crippen MR) is 162 cm³/mol. The number of aromatic nitrogens is 2. The fourth-order valence-corrected chi connectivity index (χ4v) is 7.67. The number of aryl methyl sites for hydroxylation is 1. The van der Waals surface area contributed by atoms with E-state index in [2.05, 4.69) is 65.8 Å². The van der Waals surface area contributed by atoms with Crippen LogP contribution in [-0.4, -0.2) is 76.9 Å². The predicted octanol–water partition coefficient (Wildman–Crippen LogP) is 4.19. The molecule has 9 heteroatoms. The first-order valence-electron chi connectivity index (χ1n) is 15.4. The minimum Gasteiger partial charge on any atom is -0.489 e. The van der Waals surface area contributed by atoms with Gasteiger partial charge in [0.25, 0.3) is 5.91 Å². The molecule has 2 atom stereocenters. The largest absolute Gasteiger partial charge is 0.489 e. The second-order valence-corrected chi connectivity index (χ2v) is 13.9. The van der Waals surface area contributed by atoms with E-state index in [4.69, 9.17) is 4.74 Å². The van der Waals surface area contributed by atoms with Crippen molar-refractivity contribution in [3.8, 4) is 11.8 Å². The van der Waals surface area contributed by atoms with Gasteiger partial charge in [-0.05, 0) is 61.8 Å². The van der Waals surface area contributed by atoms with E-state index in [1.807, 2.05) is 19.1 Å². The van der Waals surface area contributed by atoms with Crippen LogP contribution in [0.4, 0.5) is 5.95 Å². The Morgan fingerprint density at radius 2 is 1.79 bits per heavy atom. The van der Waals surface area contributed by atoms with Crippen molar-refractivity contribution < 1.29 is 14.6 Å². The molecule has 2 saturated heterocycles. The number of piperidine rings is 2. The van der Waals surface area contributed by atoms with Crippen LogP contribution in [0.5, 0.6) is 5.75 Å². The lowest BCUT2D eigenvalue weighted by Crippen LogP contribution is -2.74. The molecule has 1 saturated carbocycles. The van der Waals surface area contributed by atoms with Gasteiger partial charge in [-0.15, -0.1) is 0 Å². The molecule has 0 bridgehead atoms. The topological polar surface area (TPSA) is 115 Å². The van der Waals surface area contributed by atoms with Crippen LogP contribution < -0.4 is 15.0 Å². The second kappa shape index (κ2) is 11.8. The number of likely N-dealkylation sites (tertiary alicyclic amines) is 1. The highest BCUT2D eigenvalue weighted by atomic mass is 16.5. The average molecular weight is 575 g/mol. The fraction of sp³-hybridized carbons (Fsp3) is 0.636. The smallest absolute Gasteiger partial charge is 0.254 e. The van der Waals surface area contributed by atoms with Crippen molar-refractivity contribution in [1.29, 1.82) is 5.26 Å². The molecule has 9 nitrogen and oxygen atoms in total. The number of nitriles is 1. The molecule has 42 heavy (non-hydrogen) atoms. The molecule has 5 rings (SSSR count). The Bertz CT molecular complexity index is 1300. The number of anilines is 1. The van der Waals surface area contributed by atoms with Gasteiger partial charge >= 0.3 is 0 Å². The molecule has 0 spiro atoms. The van der Waals surface area contributed by atoms with Crippen LogP contribution in [0.2, 0.25) is 0 Å². The highest BCUT2D eigenvalue weighted by Crippen LogP contribution is 2.55. The monoisotopic (exact) mass is 574 g/mol. The highest BCUT2D eigenvalue weighted by molar-refractivity contribution is 5.94. The van der Waals surface area contributed by atoms with Gasteiger partial charge in [0.2, 0.25) is 5.95 Å². The summed E-state index contributed by atoms with van der Waals surface area (Å²) in [5.74, 6) is 2.37. The summed E-state index contributed by atoms with van der Waals surface area (Å²) in [6.07, 6.45) is 5.87. The van der Waals surface area contributed by atoms with Gasteiger partial charge in [-0.3, -0.25) is 4.79 Å². The lowest BCUT2D eigenvalue weighted by atomic mass is 9.49. The molecule has 3 heterocycles. The zero-order valence-electron chi connectivity index (χ0n) is 25.9. The first-order valence-corrected chi connectivity index (χ1v) is 15.4. The molecule has 1 aliphatic carbocycles. The van der Waals surface area contributed by atoms with E-state index in [0.717, 1.165) is 63.3 Å². The fourth-order valence-electron chi connectivity index (χ4n) is 7.67. The Labute approximate surface area is 250 Å². The van der Waals surface area contributed by atoms with Crippen LogP contribution in [0.1, 0.15) is 75.4 Å². The number of carbonyl (C=O) groups excluding carboxylic acids is 1.